The van der Waals surface area contributed by atoms with Crippen molar-refractivity contribution in [2.75, 3.05) is 6.61 Å². The molecule has 8 nitrogen and oxygen atoms in total. The fraction of sp³-hybridized carbons (Fsp3) is 0.762. The van der Waals surface area contributed by atoms with Crippen molar-refractivity contribution in [3.05, 3.63) is 11.6 Å². The SMILES string of the molecule is C[C@]12C[13CH2][13C](=O)[13CH]=C1CC[C@@H]1C2C(=O)C[C@@]2(C)[C@H]1CC[C@]2(O)C(=O)COS(=O)(=O)[O-].[Na+]. The van der Waals surface area contributed by atoms with Crippen molar-refractivity contribution in [3.63, 3.8) is 0 Å². The molecule has 1 N–H and O–H groups in total. The van der Waals surface area contributed by atoms with Gasteiger partial charge in [-0.1, -0.05) is 19.4 Å². The van der Waals surface area contributed by atoms with E-state index in [-0.39, 0.29) is 77.1 Å². The van der Waals surface area contributed by atoms with Gasteiger partial charge >= 0.3 is 29.6 Å². The Bertz CT molecular complexity index is 958. The van der Waals surface area contributed by atoms with Gasteiger partial charge in [0, 0.05) is 24.2 Å². The molecule has 0 aromatic rings. The van der Waals surface area contributed by atoms with Gasteiger partial charge in [0.1, 0.15) is 18.0 Å². The Labute approximate surface area is 204 Å². The minimum absolute atomic E-state index is 0. The molecule has 4 aliphatic rings. The summed E-state index contributed by atoms with van der Waals surface area (Å²) in [5, 5.41) is 11.3. The molecule has 3 saturated carbocycles. The molecule has 0 heterocycles. The number of fused-ring (bicyclic) bond motifs is 5. The van der Waals surface area contributed by atoms with E-state index < -0.39 is 33.8 Å². The minimum Gasteiger partial charge on any atom is -0.726 e. The van der Waals surface area contributed by atoms with Gasteiger partial charge in [-0.15, -0.1) is 0 Å². The fourth-order valence-corrected chi connectivity index (χ4v) is 7.34. The van der Waals surface area contributed by atoms with Crippen LogP contribution in [0.2, 0.25) is 0 Å². The Morgan fingerprint density at radius 1 is 1.23 bits per heavy atom. The molecule has 0 radical (unpaired) electrons. The van der Waals surface area contributed by atoms with Gasteiger partial charge in [0.2, 0.25) is 10.4 Å². The summed E-state index contributed by atoms with van der Waals surface area (Å²) in [4.78, 5) is 38.1. The first-order valence-corrected chi connectivity index (χ1v) is 11.8. The predicted molar refractivity (Wildman–Crippen MR) is 103 cm³/mol. The van der Waals surface area contributed by atoms with Gasteiger partial charge in [0.05, 0.1) is 0 Å². The molecule has 0 aromatic heterocycles. The Hall–Kier alpha value is -0.420. The molecule has 10 heteroatoms. The number of allylic oxidation sites excluding steroid dienone is 1. The van der Waals surface area contributed by atoms with Crippen molar-refractivity contribution in [2.45, 2.75) is 64.4 Å². The first kappa shape index (κ1) is 25.2. The molecule has 6 atom stereocenters. The molecular formula is C21H27NaO8S. The van der Waals surface area contributed by atoms with E-state index in [9.17, 15) is 32.5 Å². The molecule has 4 aliphatic carbocycles. The maximum Gasteiger partial charge on any atom is 1.00 e. The Balaban J connectivity index is 0.00000272. The number of hydrogen-bond donors (Lipinski definition) is 1. The second kappa shape index (κ2) is 8.11. The number of hydrogen-bond acceptors (Lipinski definition) is 8. The van der Waals surface area contributed by atoms with Gasteiger partial charge in [0.25, 0.3) is 0 Å². The van der Waals surface area contributed by atoms with E-state index >= 15 is 0 Å². The number of aliphatic hydroxyl groups is 1. The number of Topliss-reactive ketones (excluding diaryl/α,β-unsaturated/α-hetero) is 2. The van der Waals surface area contributed by atoms with Crippen LogP contribution in [0.25, 0.3) is 0 Å². The summed E-state index contributed by atoms with van der Waals surface area (Å²) in [6, 6.07) is 0. The topological polar surface area (TPSA) is 138 Å². The summed E-state index contributed by atoms with van der Waals surface area (Å²) >= 11 is 0. The summed E-state index contributed by atoms with van der Waals surface area (Å²) in [5.41, 5.74) is -2.29. The first-order valence-electron chi connectivity index (χ1n) is 10.4. The van der Waals surface area contributed by atoms with Crippen molar-refractivity contribution >= 4 is 27.7 Å². The summed E-state index contributed by atoms with van der Waals surface area (Å²) < 4.78 is 36.4. The van der Waals surface area contributed by atoms with Gasteiger partial charge in [-0.2, -0.15) is 0 Å². The smallest absolute Gasteiger partial charge is 0.726 e. The third-order valence-corrected chi connectivity index (χ3v) is 9.01. The van der Waals surface area contributed by atoms with E-state index in [2.05, 4.69) is 11.1 Å². The van der Waals surface area contributed by atoms with Crippen molar-refractivity contribution in [2.24, 2.45) is 28.6 Å². The third-order valence-electron chi connectivity index (χ3n) is 8.60. The summed E-state index contributed by atoms with van der Waals surface area (Å²) in [5.74, 6) is -1.15. The number of rotatable bonds is 4. The number of carbonyl (C=O) groups excluding carboxylic acids is 3. The summed E-state index contributed by atoms with van der Waals surface area (Å²) in [7, 11) is -5.06. The summed E-state index contributed by atoms with van der Waals surface area (Å²) in [6.45, 7) is 2.75. The molecule has 0 aliphatic heterocycles. The Kier molecular flexibility index (Phi) is 6.60. The summed E-state index contributed by atoms with van der Waals surface area (Å²) in [6.07, 6.45) is 4.82. The van der Waals surface area contributed by atoms with E-state index in [1.165, 1.54) is 0 Å². The quantitative estimate of drug-likeness (QED) is 0.229. The Morgan fingerprint density at radius 3 is 2.55 bits per heavy atom. The zero-order valence-corrected chi connectivity index (χ0v) is 21.0. The van der Waals surface area contributed by atoms with Crippen LogP contribution >= 0.6 is 0 Å². The van der Waals surface area contributed by atoms with Gasteiger partial charge < -0.3 is 9.66 Å². The van der Waals surface area contributed by atoms with Crippen LogP contribution in [0.4, 0.5) is 0 Å². The standard InChI is InChI=1S/C21H28O8S.Na/c1-19-7-5-13(22)9-12(19)3-4-14-15-6-8-21(25,17(24)11-29-30(26,27)28)20(15,2)10-16(23)18(14)19;/h9,14-15,18,25H,3-8,10-11H2,1-2H3,(H,26,27,28);/q;+1/p-1/t14-,15-,18?,19-,20-,21-;/m0./s1/i5+1,9+1,13+1;. The molecule has 166 valence electrons. The molecule has 4 rings (SSSR count). The zero-order valence-electron chi connectivity index (χ0n) is 18.2. The molecular weight excluding hydrogens is 438 g/mol. The average molecular weight is 465 g/mol. The van der Waals surface area contributed by atoms with E-state index in [4.69, 9.17) is 0 Å². The van der Waals surface area contributed by atoms with Crippen molar-refractivity contribution in [1.82, 2.24) is 0 Å². The van der Waals surface area contributed by atoms with Gasteiger partial charge in [-0.3, -0.25) is 18.6 Å². The van der Waals surface area contributed by atoms with Crippen LogP contribution in [0.5, 0.6) is 0 Å². The van der Waals surface area contributed by atoms with Crippen LogP contribution < -0.4 is 29.6 Å². The second-order valence-electron chi connectivity index (χ2n) is 9.89. The van der Waals surface area contributed by atoms with Crippen LogP contribution in [0.15, 0.2) is 11.6 Å². The van der Waals surface area contributed by atoms with Gasteiger partial charge in [0.15, 0.2) is 11.6 Å². The predicted octanol–water partition coefficient (Wildman–Crippen LogP) is -1.52. The molecule has 3 fully saturated rings. The largest absolute Gasteiger partial charge is 1.00 e. The van der Waals surface area contributed by atoms with Crippen molar-refractivity contribution in [3.8, 4) is 0 Å². The second-order valence-corrected chi connectivity index (χ2v) is 10.9. The normalized spacial score (nSPS) is 42.1. The van der Waals surface area contributed by atoms with E-state index in [0.29, 0.717) is 32.1 Å². The van der Waals surface area contributed by atoms with Crippen LogP contribution in [0.1, 0.15) is 58.8 Å². The first-order chi connectivity index (χ1) is 13.8. The fourth-order valence-electron chi connectivity index (χ4n) is 7.09. The maximum atomic E-state index is 13.4. The van der Waals surface area contributed by atoms with Crippen LogP contribution in [0.3, 0.4) is 0 Å². The van der Waals surface area contributed by atoms with E-state index in [1.54, 1.807) is 13.0 Å². The van der Waals surface area contributed by atoms with Crippen molar-refractivity contribution < 1.29 is 66.2 Å². The molecule has 31 heavy (non-hydrogen) atoms. The van der Waals surface area contributed by atoms with Crippen LogP contribution in [-0.2, 0) is 29.0 Å². The number of ketones is 3. The van der Waals surface area contributed by atoms with Crippen LogP contribution in [-0.4, -0.2) is 47.6 Å². The average Bonchev–Trinajstić information content (AvgIpc) is 2.91. The molecule has 0 spiro atoms. The van der Waals surface area contributed by atoms with Crippen LogP contribution in [0, 0.1) is 28.6 Å². The van der Waals surface area contributed by atoms with Crippen molar-refractivity contribution in [1.29, 1.82) is 0 Å². The Morgan fingerprint density at radius 2 is 1.90 bits per heavy atom. The molecule has 1 unspecified atom stereocenters. The molecule has 0 amide bonds. The third kappa shape index (κ3) is 3.84. The zero-order chi connectivity index (χ0) is 22.1. The maximum absolute atomic E-state index is 13.4. The number of carbonyl (C=O) groups is 3. The van der Waals surface area contributed by atoms with Gasteiger partial charge in [-0.05, 0) is 55.4 Å². The monoisotopic (exact) mass is 465 g/mol. The van der Waals surface area contributed by atoms with Gasteiger partial charge in [-0.25, -0.2) is 8.42 Å². The van der Waals surface area contributed by atoms with E-state index in [1.807, 2.05) is 0 Å². The molecule has 0 saturated heterocycles. The minimum atomic E-state index is -5.06. The molecule has 0 aromatic carbocycles. The molecule has 0 bridgehead atoms. The van der Waals surface area contributed by atoms with E-state index in [0.717, 1.165) is 5.57 Å².